The van der Waals surface area contributed by atoms with Crippen LogP contribution >= 0.6 is 0 Å². The standard InChI is InChI=1S/C18H18F3NO5/c19-18(20,21)27-15-4-2-14(3-5-15)24-10-13(23)9-22-8-12-1-6-16-17(7-12)26-11-25-16/h1-7,13,22-23H,8-11H2/t13-/m0/s1. The van der Waals surface area contributed by atoms with E-state index in [1.165, 1.54) is 12.1 Å². The lowest BCUT2D eigenvalue weighted by atomic mass is 10.2. The Morgan fingerprint density at radius 2 is 1.74 bits per heavy atom. The molecule has 0 unspecified atom stereocenters. The fourth-order valence-corrected chi connectivity index (χ4v) is 2.42. The van der Waals surface area contributed by atoms with Crippen molar-refractivity contribution in [2.75, 3.05) is 19.9 Å². The van der Waals surface area contributed by atoms with Gasteiger partial charge in [-0.3, -0.25) is 0 Å². The highest BCUT2D eigenvalue weighted by Crippen LogP contribution is 2.32. The minimum atomic E-state index is -4.73. The van der Waals surface area contributed by atoms with Crippen LogP contribution < -0.4 is 24.3 Å². The smallest absolute Gasteiger partial charge is 0.491 e. The van der Waals surface area contributed by atoms with Crippen molar-refractivity contribution in [1.82, 2.24) is 5.32 Å². The van der Waals surface area contributed by atoms with E-state index in [4.69, 9.17) is 14.2 Å². The van der Waals surface area contributed by atoms with Crippen molar-refractivity contribution in [2.24, 2.45) is 0 Å². The van der Waals surface area contributed by atoms with Crippen LogP contribution in [0.3, 0.4) is 0 Å². The maximum absolute atomic E-state index is 12.1. The number of ether oxygens (including phenoxy) is 4. The molecule has 1 aliphatic rings. The molecular formula is C18H18F3NO5. The monoisotopic (exact) mass is 385 g/mol. The number of hydrogen-bond donors (Lipinski definition) is 2. The summed E-state index contributed by atoms with van der Waals surface area (Å²) in [6.07, 6.45) is -5.52. The third kappa shape index (κ3) is 5.93. The number of rotatable bonds is 8. The van der Waals surface area contributed by atoms with E-state index in [9.17, 15) is 18.3 Å². The maximum atomic E-state index is 12.1. The Hall–Kier alpha value is -2.65. The van der Waals surface area contributed by atoms with Gasteiger partial charge in [-0.25, -0.2) is 0 Å². The summed E-state index contributed by atoms with van der Waals surface area (Å²) in [5.74, 6) is 1.40. The molecule has 0 saturated carbocycles. The normalized spacial score (nSPS) is 14.1. The third-order valence-electron chi connectivity index (χ3n) is 3.65. The Morgan fingerprint density at radius 3 is 2.48 bits per heavy atom. The van der Waals surface area contributed by atoms with Crippen molar-refractivity contribution in [2.45, 2.75) is 19.0 Å². The van der Waals surface area contributed by atoms with Crippen LogP contribution in [0, 0.1) is 0 Å². The summed E-state index contributed by atoms with van der Waals surface area (Å²) >= 11 is 0. The molecule has 0 fully saturated rings. The highest BCUT2D eigenvalue weighted by atomic mass is 19.4. The van der Waals surface area contributed by atoms with Gasteiger partial charge in [0, 0.05) is 13.1 Å². The molecule has 146 valence electrons. The molecule has 2 N–H and O–H groups in total. The first-order chi connectivity index (χ1) is 12.9. The second kappa shape index (κ2) is 8.36. The van der Waals surface area contributed by atoms with Gasteiger partial charge in [-0.2, -0.15) is 0 Å². The lowest BCUT2D eigenvalue weighted by Gasteiger charge is -2.14. The summed E-state index contributed by atoms with van der Waals surface area (Å²) in [6, 6.07) is 10.6. The number of aliphatic hydroxyl groups excluding tert-OH is 1. The van der Waals surface area contributed by atoms with E-state index < -0.39 is 12.5 Å². The molecule has 1 atom stereocenters. The molecule has 9 heteroatoms. The lowest BCUT2D eigenvalue weighted by molar-refractivity contribution is -0.274. The lowest BCUT2D eigenvalue weighted by Crippen LogP contribution is -2.31. The Labute approximate surface area is 153 Å². The minimum Gasteiger partial charge on any atom is -0.491 e. The number of benzene rings is 2. The molecule has 1 heterocycles. The Balaban J connectivity index is 1.37. The van der Waals surface area contributed by atoms with Gasteiger partial charge in [-0.15, -0.1) is 13.2 Å². The van der Waals surface area contributed by atoms with E-state index in [0.29, 0.717) is 23.8 Å². The first-order valence-electron chi connectivity index (χ1n) is 8.15. The van der Waals surface area contributed by atoms with Gasteiger partial charge in [0.2, 0.25) is 6.79 Å². The zero-order chi connectivity index (χ0) is 19.3. The molecule has 2 aromatic carbocycles. The molecule has 0 radical (unpaired) electrons. The first-order valence-corrected chi connectivity index (χ1v) is 8.15. The average Bonchev–Trinajstić information content (AvgIpc) is 3.07. The fourth-order valence-electron chi connectivity index (χ4n) is 2.42. The highest BCUT2D eigenvalue weighted by Gasteiger charge is 2.31. The van der Waals surface area contributed by atoms with E-state index in [-0.39, 0.29) is 25.7 Å². The van der Waals surface area contributed by atoms with Crippen LogP contribution in [0.15, 0.2) is 42.5 Å². The maximum Gasteiger partial charge on any atom is 0.573 e. The summed E-state index contributed by atoms with van der Waals surface area (Å²) in [5.41, 5.74) is 0.979. The van der Waals surface area contributed by atoms with Crippen LogP contribution in [-0.4, -0.2) is 37.5 Å². The zero-order valence-corrected chi connectivity index (χ0v) is 14.2. The summed E-state index contributed by atoms with van der Waals surface area (Å²) in [5, 5.41) is 13.0. The summed E-state index contributed by atoms with van der Waals surface area (Å²) in [4.78, 5) is 0. The summed E-state index contributed by atoms with van der Waals surface area (Å²) < 4.78 is 55.9. The highest BCUT2D eigenvalue weighted by molar-refractivity contribution is 5.44. The number of aliphatic hydroxyl groups is 1. The molecule has 0 bridgehead atoms. The SMILES string of the molecule is O[C@@H](CNCc1ccc2c(c1)OCO2)COc1ccc(OC(F)(F)F)cc1. The quantitative estimate of drug-likeness (QED) is 0.728. The number of alkyl halides is 3. The van der Waals surface area contributed by atoms with Crippen molar-refractivity contribution in [3.8, 4) is 23.0 Å². The van der Waals surface area contributed by atoms with E-state index in [2.05, 4.69) is 10.1 Å². The van der Waals surface area contributed by atoms with Gasteiger partial charge in [0.25, 0.3) is 0 Å². The van der Waals surface area contributed by atoms with E-state index in [1.54, 1.807) is 0 Å². The molecule has 27 heavy (non-hydrogen) atoms. The van der Waals surface area contributed by atoms with Crippen LogP contribution in [0.5, 0.6) is 23.0 Å². The van der Waals surface area contributed by atoms with Crippen LogP contribution in [0.1, 0.15) is 5.56 Å². The average molecular weight is 385 g/mol. The Bertz CT molecular complexity index is 752. The van der Waals surface area contributed by atoms with Gasteiger partial charge >= 0.3 is 6.36 Å². The van der Waals surface area contributed by atoms with Crippen LogP contribution in [0.2, 0.25) is 0 Å². The van der Waals surface area contributed by atoms with Gasteiger partial charge < -0.3 is 29.4 Å². The minimum absolute atomic E-state index is 0.00634. The molecule has 0 amide bonds. The molecule has 3 rings (SSSR count). The van der Waals surface area contributed by atoms with Crippen LogP contribution in [0.25, 0.3) is 0 Å². The summed E-state index contributed by atoms with van der Waals surface area (Å²) in [6.45, 7) is 1.01. The van der Waals surface area contributed by atoms with E-state index in [0.717, 1.165) is 17.7 Å². The largest absolute Gasteiger partial charge is 0.573 e. The number of halogens is 3. The first kappa shape index (κ1) is 19.1. The topological polar surface area (TPSA) is 69.2 Å². The predicted octanol–water partition coefficient (Wildman–Crippen LogP) is 2.84. The molecule has 0 spiro atoms. The van der Waals surface area contributed by atoms with Gasteiger partial charge in [-0.1, -0.05) is 6.07 Å². The second-order valence-corrected chi connectivity index (χ2v) is 5.80. The Kier molecular flexibility index (Phi) is 5.92. The summed E-state index contributed by atoms with van der Waals surface area (Å²) in [7, 11) is 0. The van der Waals surface area contributed by atoms with Gasteiger partial charge in [0.15, 0.2) is 11.5 Å². The molecule has 1 aliphatic heterocycles. The van der Waals surface area contributed by atoms with Crippen molar-refractivity contribution < 1.29 is 37.2 Å². The Morgan fingerprint density at radius 1 is 1.04 bits per heavy atom. The number of fused-ring (bicyclic) bond motifs is 1. The number of hydrogen-bond acceptors (Lipinski definition) is 6. The van der Waals surface area contributed by atoms with Crippen LogP contribution in [0.4, 0.5) is 13.2 Å². The molecule has 2 aromatic rings. The van der Waals surface area contributed by atoms with Crippen LogP contribution in [-0.2, 0) is 6.54 Å². The van der Waals surface area contributed by atoms with Crippen molar-refractivity contribution >= 4 is 0 Å². The van der Waals surface area contributed by atoms with E-state index >= 15 is 0 Å². The molecular weight excluding hydrogens is 367 g/mol. The van der Waals surface area contributed by atoms with Crippen molar-refractivity contribution in [3.05, 3.63) is 48.0 Å². The second-order valence-electron chi connectivity index (χ2n) is 5.80. The third-order valence-corrected chi connectivity index (χ3v) is 3.65. The zero-order valence-electron chi connectivity index (χ0n) is 14.2. The molecule has 6 nitrogen and oxygen atoms in total. The molecule has 0 aliphatic carbocycles. The fraction of sp³-hybridized carbons (Fsp3) is 0.333. The van der Waals surface area contributed by atoms with Gasteiger partial charge in [0.05, 0.1) is 0 Å². The van der Waals surface area contributed by atoms with Crippen molar-refractivity contribution in [3.63, 3.8) is 0 Å². The van der Waals surface area contributed by atoms with E-state index in [1.807, 2.05) is 18.2 Å². The predicted molar refractivity (Wildman–Crippen MR) is 88.9 cm³/mol. The number of nitrogens with one attached hydrogen (secondary N) is 1. The molecule has 0 saturated heterocycles. The van der Waals surface area contributed by atoms with Gasteiger partial charge in [-0.05, 0) is 42.0 Å². The molecule has 0 aromatic heterocycles. The van der Waals surface area contributed by atoms with Gasteiger partial charge in [0.1, 0.15) is 24.2 Å². The van der Waals surface area contributed by atoms with Crippen molar-refractivity contribution in [1.29, 1.82) is 0 Å².